The fourth-order valence-corrected chi connectivity index (χ4v) is 3.01. The van der Waals surface area contributed by atoms with Gasteiger partial charge in [0.1, 0.15) is 18.1 Å². The predicted octanol–water partition coefficient (Wildman–Crippen LogP) is -1.34. The third-order valence-corrected chi connectivity index (χ3v) is 4.89. The molecule has 1 aliphatic heterocycles. The molecule has 0 aromatic rings. The van der Waals surface area contributed by atoms with Crippen LogP contribution < -0.4 is 16.4 Å². The van der Waals surface area contributed by atoms with Gasteiger partial charge in [0.15, 0.2) is 0 Å². The number of likely N-dealkylation sites (tertiary alicyclic amines) is 1. The molecule has 1 aliphatic rings. The van der Waals surface area contributed by atoms with Crippen LogP contribution in [-0.4, -0.2) is 76.1 Å². The van der Waals surface area contributed by atoms with Gasteiger partial charge in [0.25, 0.3) is 0 Å². The second kappa shape index (κ2) is 10.4. The van der Waals surface area contributed by atoms with Crippen molar-refractivity contribution < 1.29 is 29.4 Å². The number of nitrogens with one attached hydrogen (secondary N) is 2. The highest BCUT2D eigenvalue weighted by molar-refractivity contribution is 5.94. The van der Waals surface area contributed by atoms with Crippen LogP contribution in [0, 0.1) is 11.8 Å². The van der Waals surface area contributed by atoms with Gasteiger partial charge in [-0.1, -0.05) is 27.7 Å². The molecule has 1 fully saturated rings. The van der Waals surface area contributed by atoms with E-state index < -0.39 is 48.6 Å². The summed E-state index contributed by atoms with van der Waals surface area (Å²) < 4.78 is 0. The molecule has 3 amide bonds. The molecule has 160 valence electrons. The number of hydrogen-bond donors (Lipinski definition) is 5. The number of aliphatic hydroxyl groups is 1. The second-order valence-corrected chi connectivity index (χ2v) is 7.77. The van der Waals surface area contributed by atoms with E-state index in [0.717, 1.165) is 0 Å². The highest BCUT2D eigenvalue weighted by Gasteiger charge is 2.38. The van der Waals surface area contributed by atoms with E-state index in [0.29, 0.717) is 19.4 Å². The highest BCUT2D eigenvalue weighted by atomic mass is 16.4. The molecule has 1 rings (SSSR count). The Kier molecular flexibility index (Phi) is 8.83. The Morgan fingerprint density at radius 1 is 1.11 bits per heavy atom. The summed E-state index contributed by atoms with van der Waals surface area (Å²) in [6.45, 7) is 6.70. The van der Waals surface area contributed by atoms with E-state index in [-0.39, 0.29) is 17.7 Å². The zero-order valence-electron chi connectivity index (χ0n) is 16.8. The van der Waals surface area contributed by atoms with Gasteiger partial charge >= 0.3 is 5.97 Å². The minimum atomic E-state index is -1.46. The molecule has 28 heavy (non-hydrogen) atoms. The van der Waals surface area contributed by atoms with Crippen molar-refractivity contribution >= 4 is 23.7 Å². The van der Waals surface area contributed by atoms with E-state index in [2.05, 4.69) is 10.6 Å². The number of hydrogen-bond acceptors (Lipinski definition) is 6. The first-order valence-corrected chi connectivity index (χ1v) is 9.51. The van der Waals surface area contributed by atoms with Gasteiger partial charge in [0.05, 0.1) is 12.6 Å². The van der Waals surface area contributed by atoms with Crippen molar-refractivity contribution in [3.05, 3.63) is 0 Å². The summed E-state index contributed by atoms with van der Waals surface area (Å²) in [4.78, 5) is 50.2. The van der Waals surface area contributed by atoms with Crippen molar-refractivity contribution in [2.45, 2.75) is 64.7 Å². The van der Waals surface area contributed by atoms with Crippen molar-refractivity contribution in [2.24, 2.45) is 17.6 Å². The lowest BCUT2D eigenvalue weighted by Crippen LogP contribution is -2.58. The molecular weight excluding hydrogens is 368 g/mol. The number of carboxylic acids is 1. The molecule has 10 heteroatoms. The second-order valence-electron chi connectivity index (χ2n) is 7.77. The van der Waals surface area contributed by atoms with Crippen LogP contribution >= 0.6 is 0 Å². The topological polar surface area (TPSA) is 162 Å². The molecule has 0 bridgehead atoms. The van der Waals surface area contributed by atoms with Gasteiger partial charge in [0, 0.05) is 6.54 Å². The molecule has 0 spiro atoms. The normalized spacial score (nSPS) is 20.0. The van der Waals surface area contributed by atoms with E-state index in [1.165, 1.54) is 4.90 Å². The quantitative estimate of drug-likeness (QED) is 0.320. The van der Waals surface area contributed by atoms with E-state index in [1.807, 2.05) is 13.8 Å². The Hall–Kier alpha value is -2.20. The maximum Gasteiger partial charge on any atom is 0.328 e. The third kappa shape index (κ3) is 5.90. The lowest BCUT2D eigenvalue weighted by molar-refractivity contribution is -0.144. The fourth-order valence-electron chi connectivity index (χ4n) is 3.01. The molecule has 6 N–H and O–H groups in total. The number of carbonyl (C=O) groups excluding carboxylic acids is 3. The van der Waals surface area contributed by atoms with Crippen LogP contribution in [0.15, 0.2) is 0 Å². The Morgan fingerprint density at radius 2 is 1.71 bits per heavy atom. The molecule has 0 aliphatic carbocycles. The summed E-state index contributed by atoms with van der Waals surface area (Å²) in [7, 11) is 0. The summed E-state index contributed by atoms with van der Waals surface area (Å²) in [6, 6.07) is -3.89. The molecule has 4 atom stereocenters. The summed E-state index contributed by atoms with van der Waals surface area (Å²) in [6.07, 6.45) is 1.11. The number of carboxylic acid groups (broad SMARTS) is 1. The van der Waals surface area contributed by atoms with Gasteiger partial charge in [-0.05, 0) is 24.7 Å². The van der Waals surface area contributed by atoms with Crippen LogP contribution in [0.25, 0.3) is 0 Å². The Balaban J connectivity index is 2.86. The zero-order valence-corrected chi connectivity index (χ0v) is 16.8. The molecule has 0 aromatic heterocycles. The van der Waals surface area contributed by atoms with Gasteiger partial charge in [-0.25, -0.2) is 4.79 Å². The largest absolute Gasteiger partial charge is 0.480 e. The van der Waals surface area contributed by atoms with E-state index >= 15 is 0 Å². The summed E-state index contributed by atoms with van der Waals surface area (Å²) in [5.74, 6) is -3.27. The molecule has 0 saturated carbocycles. The number of amides is 3. The first kappa shape index (κ1) is 23.8. The SMILES string of the molecule is CC(C)C(N)C(=O)N1CCCC1C(=O)NC(C(=O)NC(CO)C(=O)O)C(C)C. The average molecular weight is 400 g/mol. The number of rotatable bonds is 9. The van der Waals surface area contributed by atoms with Gasteiger partial charge in [0.2, 0.25) is 17.7 Å². The number of nitrogens with zero attached hydrogens (tertiary/aromatic N) is 1. The standard InChI is InChI=1S/C18H32N4O6/c1-9(2)13(19)17(26)22-7-5-6-12(22)15(24)21-14(10(3)4)16(25)20-11(8-23)18(27)28/h9-14,23H,5-8,19H2,1-4H3,(H,20,25)(H,21,24)(H,27,28). The number of aliphatic hydroxyl groups excluding tert-OH is 1. The predicted molar refractivity (Wildman–Crippen MR) is 101 cm³/mol. The Morgan fingerprint density at radius 3 is 2.18 bits per heavy atom. The monoisotopic (exact) mass is 400 g/mol. The van der Waals surface area contributed by atoms with Crippen LogP contribution in [0.4, 0.5) is 0 Å². The summed E-state index contributed by atoms with van der Waals surface area (Å²) >= 11 is 0. The van der Waals surface area contributed by atoms with E-state index in [4.69, 9.17) is 15.9 Å². The number of aliphatic carboxylic acids is 1. The van der Waals surface area contributed by atoms with Gasteiger partial charge in [-0.2, -0.15) is 0 Å². The van der Waals surface area contributed by atoms with Crippen LogP contribution in [0.3, 0.4) is 0 Å². The number of nitrogens with two attached hydrogens (primary N) is 1. The number of carbonyl (C=O) groups is 4. The van der Waals surface area contributed by atoms with Gasteiger partial charge in [-0.3, -0.25) is 14.4 Å². The molecule has 10 nitrogen and oxygen atoms in total. The van der Waals surface area contributed by atoms with E-state index in [1.54, 1.807) is 13.8 Å². The Bertz CT molecular complexity index is 595. The van der Waals surface area contributed by atoms with Gasteiger partial charge < -0.3 is 31.5 Å². The van der Waals surface area contributed by atoms with E-state index in [9.17, 15) is 19.2 Å². The average Bonchev–Trinajstić information content (AvgIpc) is 3.11. The maximum atomic E-state index is 12.8. The van der Waals surface area contributed by atoms with Crippen molar-refractivity contribution in [1.82, 2.24) is 15.5 Å². The van der Waals surface area contributed by atoms with Crippen LogP contribution in [0.2, 0.25) is 0 Å². The minimum Gasteiger partial charge on any atom is -0.480 e. The fraction of sp³-hybridized carbons (Fsp3) is 0.778. The van der Waals surface area contributed by atoms with Crippen molar-refractivity contribution in [2.75, 3.05) is 13.2 Å². The van der Waals surface area contributed by atoms with Crippen molar-refractivity contribution in [3.8, 4) is 0 Å². The lowest BCUT2D eigenvalue weighted by atomic mass is 10.0. The van der Waals surface area contributed by atoms with Crippen LogP contribution in [0.1, 0.15) is 40.5 Å². The first-order chi connectivity index (χ1) is 13.0. The Labute approximate surface area is 164 Å². The lowest BCUT2D eigenvalue weighted by Gasteiger charge is -2.30. The summed E-state index contributed by atoms with van der Waals surface area (Å²) in [5.41, 5.74) is 5.93. The molecule has 0 radical (unpaired) electrons. The smallest absolute Gasteiger partial charge is 0.328 e. The molecule has 1 heterocycles. The van der Waals surface area contributed by atoms with Gasteiger partial charge in [-0.15, -0.1) is 0 Å². The maximum absolute atomic E-state index is 12.8. The molecule has 0 aromatic carbocycles. The molecular formula is C18H32N4O6. The van der Waals surface area contributed by atoms with Crippen molar-refractivity contribution in [1.29, 1.82) is 0 Å². The summed E-state index contributed by atoms with van der Waals surface area (Å²) in [5, 5.41) is 22.9. The van der Waals surface area contributed by atoms with Crippen molar-refractivity contribution in [3.63, 3.8) is 0 Å². The highest BCUT2D eigenvalue weighted by Crippen LogP contribution is 2.20. The molecule has 4 unspecified atom stereocenters. The first-order valence-electron chi connectivity index (χ1n) is 9.51. The minimum absolute atomic E-state index is 0.0718. The van der Waals surface area contributed by atoms with Crippen LogP contribution in [-0.2, 0) is 19.2 Å². The van der Waals surface area contributed by atoms with Crippen LogP contribution in [0.5, 0.6) is 0 Å². The zero-order chi connectivity index (χ0) is 21.6. The molecule has 1 saturated heterocycles. The third-order valence-electron chi connectivity index (χ3n) is 4.89.